The van der Waals surface area contributed by atoms with Gasteiger partial charge in [-0.1, -0.05) is 42.1 Å². The summed E-state index contributed by atoms with van der Waals surface area (Å²) in [5, 5.41) is 11.6. The first-order valence-corrected chi connectivity index (χ1v) is 11.7. The number of nitrogens with one attached hydrogen (secondary N) is 1. The van der Waals surface area contributed by atoms with Crippen LogP contribution in [0.25, 0.3) is 11.4 Å². The van der Waals surface area contributed by atoms with Crippen LogP contribution < -0.4 is 20.6 Å². The minimum atomic E-state index is -0.173. The van der Waals surface area contributed by atoms with Gasteiger partial charge in [0.2, 0.25) is 11.1 Å². The number of benzene rings is 3. The molecule has 0 atom stereocenters. The molecule has 4 rings (SSSR count). The third-order valence-electron chi connectivity index (χ3n) is 4.81. The maximum absolute atomic E-state index is 12.4. The van der Waals surface area contributed by atoms with Crippen molar-refractivity contribution in [1.29, 1.82) is 0 Å². The molecule has 0 aliphatic rings. The number of hydrogen-bond donors (Lipinski definition) is 2. The smallest absolute Gasteiger partial charge is 0.234 e. The highest BCUT2D eigenvalue weighted by atomic mass is 32.2. The van der Waals surface area contributed by atoms with Gasteiger partial charge in [0.25, 0.3) is 0 Å². The number of nitrogen functional groups attached to an aromatic ring is 1. The summed E-state index contributed by atoms with van der Waals surface area (Å²) in [6, 6.07) is 24.6. The molecule has 3 aromatic carbocycles. The van der Waals surface area contributed by atoms with Crippen molar-refractivity contribution < 1.29 is 14.3 Å². The van der Waals surface area contributed by atoms with E-state index in [1.807, 2.05) is 73.7 Å². The molecule has 9 heteroatoms. The molecule has 0 saturated heterocycles. The van der Waals surface area contributed by atoms with E-state index in [9.17, 15) is 4.79 Å². The maximum atomic E-state index is 12.4. The number of hydrogen-bond acceptors (Lipinski definition) is 7. The summed E-state index contributed by atoms with van der Waals surface area (Å²) in [5.74, 6) is 8.14. The molecule has 0 bridgehead atoms. The molecule has 0 saturated carbocycles. The van der Waals surface area contributed by atoms with Crippen molar-refractivity contribution in [1.82, 2.24) is 14.9 Å². The molecule has 4 aromatic rings. The largest absolute Gasteiger partial charge is 0.494 e. The molecule has 0 fully saturated rings. The van der Waals surface area contributed by atoms with Crippen LogP contribution in [-0.4, -0.2) is 33.1 Å². The van der Waals surface area contributed by atoms with Crippen molar-refractivity contribution in [2.24, 2.45) is 0 Å². The lowest BCUT2D eigenvalue weighted by atomic mass is 10.2. The molecule has 34 heavy (non-hydrogen) atoms. The van der Waals surface area contributed by atoms with Gasteiger partial charge >= 0.3 is 0 Å². The number of rotatable bonds is 10. The van der Waals surface area contributed by atoms with Crippen LogP contribution in [0.3, 0.4) is 0 Å². The topological polar surface area (TPSA) is 104 Å². The summed E-state index contributed by atoms with van der Waals surface area (Å²) in [6.45, 7) is 3.02. The van der Waals surface area contributed by atoms with Crippen molar-refractivity contribution >= 4 is 23.4 Å². The molecule has 0 spiro atoms. The van der Waals surface area contributed by atoms with Crippen molar-refractivity contribution in [3.8, 4) is 22.9 Å². The Bertz CT molecular complexity index is 1210. The van der Waals surface area contributed by atoms with Crippen LogP contribution in [-0.2, 0) is 11.4 Å². The van der Waals surface area contributed by atoms with Gasteiger partial charge in [-0.15, -0.1) is 10.2 Å². The lowest BCUT2D eigenvalue weighted by molar-refractivity contribution is -0.113. The number of nitrogens with zero attached hydrogens (tertiary/aromatic N) is 3. The summed E-state index contributed by atoms with van der Waals surface area (Å²) in [5.41, 5.74) is 2.58. The summed E-state index contributed by atoms with van der Waals surface area (Å²) in [4.78, 5) is 12.4. The lowest BCUT2D eigenvalue weighted by Gasteiger charge is -2.08. The monoisotopic (exact) mass is 475 g/mol. The van der Waals surface area contributed by atoms with Crippen LogP contribution in [0.1, 0.15) is 12.5 Å². The average molecular weight is 476 g/mol. The first-order valence-electron chi connectivity index (χ1n) is 10.8. The quantitative estimate of drug-likeness (QED) is 0.259. The Morgan fingerprint density at radius 2 is 1.62 bits per heavy atom. The van der Waals surface area contributed by atoms with Crippen LogP contribution >= 0.6 is 11.8 Å². The Balaban J connectivity index is 1.27. The second-order valence-corrected chi connectivity index (χ2v) is 8.21. The zero-order chi connectivity index (χ0) is 23.8. The molecule has 0 aliphatic carbocycles. The van der Waals surface area contributed by atoms with Crippen LogP contribution in [0.4, 0.5) is 5.69 Å². The first kappa shape index (κ1) is 23.2. The molecule has 0 unspecified atom stereocenters. The van der Waals surface area contributed by atoms with Gasteiger partial charge in [-0.25, -0.2) is 4.68 Å². The second kappa shape index (κ2) is 11.2. The molecular formula is C25H25N5O3S. The predicted molar refractivity (Wildman–Crippen MR) is 133 cm³/mol. The van der Waals surface area contributed by atoms with E-state index in [4.69, 9.17) is 15.3 Å². The zero-order valence-corrected chi connectivity index (χ0v) is 19.5. The molecule has 174 valence electrons. The van der Waals surface area contributed by atoms with E-state index in [0.29, 0.717) is 29.9 Å². The van der Waals surface area contributed by atoms with E-state index in [-0.39, 0.29) is 11.7 Å². The van der Waals surface area contributed by atoms with Crippen LogP contribution in [0.5, 0.6) is 11.5 Å². The number of anilines is 1. The third-order valence-corrected chi connectivity index (χ3v) is 5.75. The number of nitrogens with two attached hydrogens (primary N) is 1. The molecule has 1 aromatic heterocycles. The van der Waals surface area contributed by atoms with Crippen molar-refractivity contribution in [3.05, 3.63) is 84.4 Å². The summed E-state index contributed by atoms with van der Waals surface area (Å²) < 4.78 is 12.6. The molecule has 8 nitrogen and oxygen atoms in total. The average Bonchev–Trinajstić information content (AvgIpc) is 3.24. The number of carbonyl (C=O) groups excluding carboxylic acids is 1. The van der Waals surface area contributed by atoms with Gasteiger partial charge in [0, 0.05) is 11.3 Å². The lowest BCUT2D eigenvalue weighted by Crippen LogP contribution is -2.16. The van der Waals surface area contributed by atoms with Crippen molar-refractivity contribution in [3.63, 3.8) is 0 Å². The van der Waals surface area contributed by atoms with Crippen molar-refractivity contribution in [2.75, 3.05) is 23.5 Å². The fourth-order valence-electron chi connectivity index (χ4n) is 3.14. The van der Waals surface area contributed by atoms with Crippen LogP contribution in [0.15, 0.2) is 84.0 Å². The Labute approximate surface area is 202 Å². The van der Waals surface area contributed by atoms with Crippen molar-refractivity contribution in [2.45, 2.75) is 18.7 Å². The van der Waals surface area contributed by atoms with Gasteiger partial charge in [0.15, 0.2) is 5.82 Å². The number of thioether (sulfide) groups is 1. The van der Waals surface area contributed by atoms with Gasteiger partial charge < -0.3 is 20.6 Å². The van der Waals surface area contributed by atoms with E-state index in [1.54, 1.807) is 12.1 Å². The molecule has 1 heterocycles. The fraction of sp³-hybridized carbons (Fsp3) is 0.160. The standard InChI is InChI=1S/C25H25N5O3S/c1-2-32-21-12-8-19(9-13-21)24-28-29-25(30(24)26)34-17-23(31)27-20-10-14-22(15-11-20)33-16-18-6-4-3-5-7-18/h3-15H,2,16-17,26H2,1H3,(H,27,31). The fourth-order valence-corrected chi connectivity index (χ4v) is 3.80. The second-order valence-electron chi connectivity index (χ2n) is 7.27. The predicted octanol–water partition coefficient (Wildman–Crippen LogP) is 4.37. The van der Waals surface area contributed by atoms with Crippen LogP contribution in [0, 0.1) is 0 Å². The normalized spacial score (nSPS) is 10.6. The van der Waals surface area contributed by atoms with E-state index in [0.717, 1.165) is 22.6 Å². The molecular weight excluding hydrogens is 450 g/mol. The SMILES string of the molecule is CCOc1ccc(-c2nnc(SCC(=O)Nc3ccc(OCc4ccccc4)cc3)n2N)cc1. The Kier molecular flexibility index (Phi) is 7.67. The first-order chi connectivity index (χ1) is 16.6. The van der Waals surface area contributed by atoms with Gasteiger partial charge in [-0.2, -0.15) is 0 Å². The van der Waals surface area contributed by atoms with E-state index in [2.05, 4.69) is 15.5 Å². The highest BCUT2D eigenvalue weighted by Crippen LogP contribution is 2.24. The third kappa shape index (κ3) is 6.08. The van der Waals surface area contributed by atoms with E-state index >= 15 is 0 Å². The number of ether oxygens (including phenoxy) is 2. The van der Waals surface area contributed by atoms with E-state index in [1.165, 1.54) is 16.4 Å². The summed E-state index contributed by atoms with van der Waals surface area (Å²) >= 11 is 1.21. The molecule has 0 radical (unpaired) electrons. The molecule has 3 N–H and O–H groups in total. The minimum Gasteiger partial charge on any atom is -0.494 e. The van der Waals surface area contributed by atoms with Gasteiger partial charge in [0.05, 0.1) is 12.4 Å². The maximum Gasteiger partial charge on any atom is 0.234 e. The Morgan fingerprint density at radius 1 is 0.941 bits per heavy atom. The highest BCUT2D eigenvalue weighted by molar-refractivity contribution is 7.99. The number of amides is 1. The van der Waals surface area contributed by atoms with Gasteiger partial charge in [-0.3, -0.25) is 4.79 Å². The Hall–Kier alpha value is -3.98. The summed E-state index contributed by atoms with van der Waals surface area (Å²) in [6.07, 6.45) is 0. The minimum absolute atomic E-state index is 0.144. The Morgan fingerprint density at radius 3 is 2.32 bits per heavy atom. The molecule has 1 amide bonds. The van der Waals surface area contributed by atoms with E-state index < -0.39 is 0 Å². The summed E-state index contributed by atoms with van der Waals surface area (Å²) in [7, 11) is 0. The van der Waals surface area contributed by atoms with Gasteiger partial charge in [0.1, 0.15) is 18.1 Å². The van der Waals surface area contributed by atoms with Crippen LogP contribution in [0.2, 0.25) is 0 Å². The number of carbonyl (C=O) groups is 1. The highest BCUT2D eigenvalue weighted by Gasteiger charge is 2.14. The number of aromatic nitrogens is 3. The molecule has 0 aliphatic heterocycles. The van der Waals surface area contributed by atoms with Gasteiger partial charge in [-0.05, 0) is 61.0 Å². The zero-order valence-electron chi connectivity index (χ0n) is 18.7.